The fraction of sp³-hybridized carbons (Fsp3) is 0.278. The molecule has 4 rings (SSSR count). The molecule has 2 aromatic heterocycles. The molecule has 158 valence electrons. The number of aromatic amines is 1. The summed E-state index contributed by atoms with van der Waals surface area (Å²) in [6.45, 7) is 1.03. The Morgan fingerprint density at radius 3 is 2.57 bits per heavy atom. The van der Waals surface area contributed by atoms with E-state index in [1.807, 2.05) is 17.5 Å². The van der Waals surface area contributed by atoms with E-state index in [1.54, 1.807) is 27.7 Å². The summed E-state index contributed by atoms with van der Waals surface area (Å²) in [7, 11) is -3.71. The van der Waals surface area contributed by atoms with Gasteiger partial charge in [0.05, 0.1) is 9.90 Å². The molecule has 3 aromatic rings. The molecule has 1 N–H and O–H groups in total. The lowest BCUT2D eigenvalue weighted by molar-refractivity contribution is -0.133. The van der Waals surface area contributed by atoms with Crippen molar-refractivity contribution in [2.75, 3.05) is 26.2 Å². The van der Waals surface area contributed by atoms with Gasteiger partial charge in [0.2, 0.25) is 15.9 Å². The minimum Gasteiger partial charge on any atom is -0.338 e. The van der Waals surface area contributed by atoms with Crippen molar-refractivity contribution in [1.29, 1.82) is 0 Å². The van der Waals surface area contributed by atoms with Crippen LogP contribution in [0.4, 0.5) is 0 Å². The van der Waals surface area contributed by atoms with Gasteiger partial charge < -0.3 is 4.90 Å². The number of benzene rings is 1. The molecule has 12 heteroatoms. The Balaban J connectivity index is 1.44. The molecule has 0 bridgehead atoms. The molecule has 1 saturated heterocycles. The van der Waals surface area contributed by atoms with Crippen LogP contribution in [-0.4, -0.2) is 64.5 Å². The Hall–Kier alpha value is -2.05. The van der Waals surface area contributed by atoms with Crippen molar-refractivity contribution in [3.8, 4) is 10.7 Å². The molecule has 1 aliphatic heterocycles. The number of sulfonamides is 1. The number of aromatic nitrogens is 3. The van der Waals surface area contributed by atoms with Gasteiger partial charge >= 0.3 is 0 Å². The first kappa shape index (κ1) is 21.2. The highest BCUT2D eigenvalue weighted by Crippen LogP contribution is 2.25. The van der Waals surface area contributed by atoms with E-state index < -0.39 is 10.0 Å². The largest absolute Gasteiger partial charge is 0.338 e. The molecule has 1 amide bonds. The third kappa shape index (κ3) is 4.08. The van der Waals surface area contributed by atoms with Gasteiger partial charge in [0.1, 0.15) is 11.4 Å². The molecule has 30 heavy (non-hydrogen) atoms. The van der Waals surface area contributed by atoms with Crippen molar-refractivity contribution in [2.24, 2.45) is 0 Å². The fourth-order valence-corrected chi connectivity index (χ4v) is 6.10. The first-order valence-corrected chi connectivity index (χ1v) is 12.2. The van der Waals surface area contributed by atoms with E-state index >= 15 is 0 Å². The van der Waals surface area contributed by atoms with Crippen molar-refractivity contribution in [2.45, 2.75) is 11.4 Å². The molecule has 0 saturated carbocycles. The van der Waals surface area contributed by atoms with Gasteiger partial charge in [0, 0.05) is 26.2 Å². The zero-order valence-corrected chi connectivity index (χ0v) is 18.9. The van der Waals surface area contributed by atoms with Gasteiger partial charge in [0.15, 0.2) is 10.6 Å². The number of nitrogens with zero attached hydrogens (tertiary/aromatic N) is 4. The number of thiophene rings is 1. The second-order valence-electron chi connectivity index (χ2n) is 6.63. The summed E-state index contributed by atoms with van der Waals surface area (Å²) in [5.41, 5.74) is 0. The standard InChI is InChI=1S/C18H18ClN5O3S3/c19-13-4-1-2-6-15(13)30(26,27)23-9-7-22(8-10-23)16(25)12-24-17(20-21-18(24)28)14-5-3-11-29-14/h1-6,11H,7-10,12H2,(H,21,28). The highest BCUT2D eigenvalue weighted by atomic mass is 35.5. The minimum atomic E-state index is -3.71. The second kappa shape index (κ2) is 8.60. The fourth-order valence-electron chi connectivity index (χ4n) is 3.26. The molecular formula is C18H18ClN5O3S3. The predicted molar refractivity (Wildman–Crippen MR) is 118 cm³/mol. The summed E-state index contributed by atoms with van der Waals surface area (Å²) in [4.78, 5) is 15.5. The second-order valence-corrected chi connectivity index (χ2v) is 10.3. The lowest BCUT2D eigenvalue weighted by atomic mass is 10.3. The smallest absolute Gasteiger partial charge is 0.244 e. The van der Waals surface area contributed by atoms with Crippen molar-refractivity contribution < 1.29 is 13.2 Å². The summed E-state index contributed by atoms with van der Waals surface area (Å²) in [6, 6.07) is 10.2. The van der Waals surface area contributed by atoms with Crippen LogP contribution < -0.4 is 0 Å². The molecule has 1 aromatic carbocycles. The third-order valence-electron chi connectivity index (χ3n) is 4.84. The topological polar surface area (TPSA) is 91.3 Å². The monoisotopic (exact) mass is 483 g/mol. The van der Waals surface area contributed by atoms with E-state index in [0.717, 1.165) is 4.88 Å². The molecule has 3 heterocycles. The zero-order valence-electron chi connectivity index (χ0n) is 15.7. The van der Waals surface area contributed by atoms with Gasteiger partial charge in [-0.15, -0.1) is 11.3 Å². The minimum absolute atomic E-state index is 0.0415. The third-order valence-corrected chi connectivity index (χ3v) is 8.41. The summed E-state index contributed by atoms with van der Waals surface area (Å²) >= 11 is 12.9. The highest BCUT2D eigenvalue weighted by molar-refractivity contribution is 7.89. The maximum Gasteiger partial charge on any atom is 0.244 e. The van der Waals surface area contributed by atoms with E-state index in [1.165, 1.54) is 21.7 Å². The number of hydrogen-bond acceptors (Lipinski definition) is 6. The summed E-state index contributed by atoms with van der Waals surface area (Å²) in [5.74, 6) is 0.475. The van der Waals surface area contributed by atoms with Gasteiger partial charge in [-0.05, 0) is 35.8 Å². The number of piperazine rings is 1. The molecule has 8 nitrogen and oxygen atoms in total. The Bertz CT molecular complexity index is 1210. The highest BCUT2D eigenvalue weighted by Gasteiger charge is 2.31. The van der Waals surface area contributed by atoms with Crippen LogP contribution in [0.2, 0.25) is 5.02 Å². The summed E-state index contributed by atoms with van der Waals surface area (Å²) < 4.78 is 29.1. The quantitative estimate of drug-likeness (QED) is 0.563. The normalized spacial score (nSPS) is 15.4. The Morgan fingerprint density at radius 2 is 1.90 bits per heavy atom. The lowest BCUT2D eigenvalue weighted by Gasteiger charge is -2.34. The van der Waals surface area contributed by atoms with Crippen LogP contribution in [0.15, 0.2) is 46.7 Å². The number of amides is 1. The van der Waals surface area contributed by atoms with Crippen LogP contribution in [0.1, 0.15) is 0 Å². The van der Waals surface area contributed by atoms with E-state index in [9.17, 15) is 13.2 Å². The first-order valence-electron chi connectivity index (χ1n) is 9.09. The zero-order chi connectivity index (χ0) is 21.3. The van der Waals surface area contributed by atoms with Gasteiger partial charge in [-0.1, -0.05) is 29.8 Å². The number of carbonyl (C=O) groups is 1. The van der Waals surface area contributed by atoms with Gasteiger partial charge in [-0.2, -0.15) is 9.40 Å². The maximum atomic E-state index is 12.9. The van der Waals surface area contributed by atoms with Crippen LogP contribution >= 0.6 is 35.2 Å². The molecule has 0 radical (unpaired) electrons. The molecule has 1 aliphatic rings. The molecule has 0 atom stereocenters. The number of rotatable bonds is 5. The van der Waals surface area contributed by atoms with Crippen LogP contribution in [0.5, 0.6) is 0 Å². The van der Waals surface area contributed by atoms with E-state index in [4.69, 9.17) is 23.8 Å². The van der Waals surface area contributed by atoms with Gasteiger partial charge in [-0.25, -0.2) is 8.42 Å². The summed E-state index contributed by atoms with van der Waals surface area (Å²) in [5, 5.41) is 9.08. The van der Waals surface area contributed by atoms with Crippen molar-refractivity contribution in [3.63, 3.8) is 0 Å². The number of halogens is 1. The Morgan fingerprint density at radius 1 is 1.17 bits per heavy atom. The average Bonchev–Trinajstić information content (AvgIpc) is 3.39. The van der Waals surface area contributed by atoms with Crippen molar-refractivity contribution in [3.05, 3.63) is 51.6 Å². The van der Waals surface area contributed by atoms with E-state index in [2.05, 4.69) is 10.2 Å². The molecule has 1 fully saturated rings. The average molecular weight is 484 g/mol. The van der Waals surface area contributed by atoms with E-state index in [0.29, 0.717) is 23.7 Å². The van der Waals surface area contributed by atoms with Crippen molar-refractivity contribution >= 4 is 51.1 Å². The predicted octanol–water partition coefficient (Wildman–Crippen LogP) is 2.86. The lowest BCUT2D eigenvalue weighted by Crippen LogP contribution is -2.51. The van der Waals surface area contributed by atoms with E-state index in [-0.39, 0.29) is 35.5 Å². The number of hydrogen-bond donors (Lipinski definition) is 1. The summed E-state index contributed by atoms with van der Waals surface area (Å²) in [6.07, 6.45) is 0. The molecule has 0 unspecified atom stereocenters. The Kier molecular flexibility index (Phi) is 6.07. The first-order chi connectivity index (χ1) is 14.4. The van der Waals surface area contributed by atoms with Gasteiger partial charge in [-0.3, -0.25) is 14.5 Å². The maximum absolute atomic E-state index is 12.9. The van der Waals surface area contributed by atoms with Crippen LogP contribution in [-0.2, 0) is 21.4 Å². The van der Waals surface area contributed by atoms with Crippen LogP contribution in [0.25, 0.3) is 10.7 Å². The number of nitrogens with one attached hydrogen (secondary N) is 1. The molecule has 0 spiro atoms. The van der Waals surface area contributed by atoms with Crippen molar-refractivity contribution in [1.82, 2.24) is 24.0 Å². The van der Waals surface area contributed by atoms with Gasteiger partial charge in [0.25, 0.3) is 0 Å². The molecule has 0 aliphatic carbocycles. The number of carbonyl (C=O) groups excluding carboxylic acids is 1. The number of H-pyrrole nitrogens is 1. The van der Waals surface area contributed by atoms with Crippen LogP contribution in [0.3, 0.4) is 0 Å². The molecular weight excluding hydrogens is 466 g/mol. The van der Waals surface area contributed by atoms with Crippen LogP contribution in [0, 0.1) is 4.77 Å². The SMILES string of the molecule is O=C(Cn1c(-c2cccs2)n[nH]c1=S)N1CCN(S(=O)(=O)c2ccccc2Cl)CC1. The Labute approximate surface area is 187 Å².